The molecule has 2 aliphatic rings. The molecule has 1 N–H and O–H groups in total. The summed E-state index contributed by atoms with van der Waals surface area (Å²) in [5, 5.41) is 12.9. The van der Waals surface area contributed by atoms with E-state index in [4.69, 9.17) is 33.2 Å². The molecule has 6 nitrogen and oxygen atoms in total. The number of nitriles is 1. The number of benzene rings is 3. The maximum atomic E-state index is 13.1. The SMILES string of the molecule is N#Cc1ccc(CN2CCC(Oc3c(Cl)cc(C(=O)NC4CCN(C(I)c5ccccc5)CC4)cc3Cl)CC2)cc1. The number of halogens is 3. The highest BCUT2D eigenvalue weighted by Crippen LogP contribution is 2.36. The summed E-state index contributed by atoms with van der Waals surface area (Å²) in [6.45, 7) is 4.47. The predicted octanol–water partition coefficient (Wildman–Crippen LogP) is 7.24. The quantitative estimate of drug-likeness (QED) is 0.152. The number of rotatable bonds is 8. The second kappa shape index (κ2) is 14.2. The second-order valence-electron chi connectivity index (χ2n) is 10.7. The van der Waals surface area contributed by atoms with Crippen molar-refractivity contribution in [3.8, 4) is 11.8 Å². The van der Waals surface area contributed by atoms with Crippen molar-refractivity contribution in [2.75, 3.05) is 26.2 Å². The van der Waals surface area contributed by atoms with Gasteiger partial charge in [0.25, 0.3) is 5.91 Å². The van der Waals surface area contributed by atoms with E-state index in [1.807, 2.05) is 30.3 Å². The Bertz CT molecular complexity index is 1340. The summed E-state index contributed by atoms with van der Waals surface area (Å²) in [6, 6.07) is 23.8. The van der Waals surface area contributed by atoms with E-state index < -0.39 is 0 Å². The minimum atomic E-state index is -0.163. The zero-order valence-electron chi connectivity index (χ0n) is 22.7. The minimum absolute atomic E-state index is 0.00434. The van der Waals surface area contributed by atoms with Crippen molar-refractivity contribution in [1.82, 2.24) is 15.1 Å². The Morgan fingerprint density at radius 1 is 0.976 bits per heavy atom. The van der Waals surface area contributed by atoms with E-state index in [9.17, 15) is 4.79 Å². The van der Waals surface area contributed by atoms with Crippen molar-refractivity contribution in [3.63, 3.8) is 0 Å². The molecule has 3 aromatic rings. The van der Waals surface area contributed by atoms with Gasteiger partial charge in [-0.3, -0.25) is 14.6 Å². The number of likely N-dealkylation sites (tertiary alicyclic amines) is 2. The molecular weight excluding hydrogens is 670 g/mol. The van der Waals surface area contributed by atoms with Crippen LogP contribution in [0.25, 0.3) is 0 Å². The highest BCUT2D eigenvalue weighted by Gasteiger charge is 2.27. The molecule has 2 fully saturated rings. The van der Waals surface area contributed by atoms with Gasteiger partial charge in [0.2, 0.25) is 0 Å². The van der Waals surface area contributed by atoms with Crippen LogP contribution in [-0.2, 0) is 6.54 Å². The summed E-state index contributed by atoms with van der Waals surface area (Å²) in [6.07, 6.45) is 3.50. The molecule has 1 unspecified atom stereocenters. The molecule has 0 radical (unpaired) electrons. The van der Waals surface area contributed by atoms with Crippen molar-refractivity contribution in [1.29, 1.82) is 5.26 Å². The largest absolute Gasteiger partial charge is 0.487 e. The van der Waals surface area contributed by atoms with Crippen LogP contribution in [0, 0.1) is 11.3 Å². The fourth-order valence-corrected chi connectivity index (χ4v) is 7.01. The van der Waals surface area contributed by atoms with Crippen LogP contribution >= 0.6 is 45.8 Å². The minimum Gasteiger partial charge on any atom is -0.487 e. The molecule has 1 amide bonds. The predicted molar refractivity (Wildman–Crippen MR) is 172 cm³/mol. The second-order valence-corrected chi connectivity index (χ2v) is 12.7. The van der Waals surface area contributed by atoms with Gasteiger partial charge in [-0.2, -0.15) is 5.26 Å². The molecule has 3 aromatic carbocycles. The van der Waals surface area contributed by atoms with E-state index in [1.54, 1.807) is 12.1 Å². The van der Waals surface area contributed by atoms with Crippen LogP contribution in [-0.4, -0.2) is 54.0 Å². The molecule has 9 heteroatoms. The van der Waals surface area contributed by atoms with Crippen LogP contribution in [0.1, 0.15) is 56.8 Å². The molecule has 0 spiro atoms. The lowest BCUT2D eigenvalue weighted by Crippen LogP contribution is -2.44. The van der Waals surface area contributed by atoms with Gasteiger partial charge in [0.15, 0.2) is 5.75 Å². The van der Waals surface area contributed by atoms with Crippen LogP contribution in [0.5, 0.6) is 5.75 Å². The summed E-state index contributed by atoms with van der Waals surface area (Å²) in [4.78, 5) is 17.9. The maximum absolute atomic E-state index is 13.1. The number of hydrogen-bond donors (Lipinski definition) is 1. The van der Waals surface area contributed by atoms with Gasteiger partial charge in [-0.05, 0) is 61.1 Å². The van der Waals surface area contributed by atoms with E-state index in [1.165, 1.54) is 11.1 Å². The first-order valence-electron chi connectivity index (χ1n) is 14.0. The van der Waals surface area contributed by atoms with E-state index in [-0.39, 0.29) is 18.1 Å². The normalized spacial score (nSPS) is 18.0. The monoisotopic (exact) mass is 702 g/mol. The topological polar surface area (TPSA) is 68.6 Å². The van der Waals surface area contributed by atoms with Crippen LogP contribution in [0.3, 0.4) is 0 Å². The van der Waals surface area contributed by atoms with Crippen molar-refractivity contribution in [2.24, 2.45) is 0 Å². The van der Waals surface area contributed by atoms with Gasteiger partial charge in [-0.25, -0.2) is 0 Å². The van der Waals surface area contributed by atoms with Crippen molar-refractivity contribution in [3.05, 3.63) is 99.0 Å². The molecule has 1 atom stereocenters. The van der Waals surface area contributed by atoms with E-state index in [2.05, 4.69) is 68.0 Å². The molecule has 2 heterocycles. The molecule has 0 aromatic heterocycles. The molecular formula is C32H33Cl2IN4O2. The Labute approximate surface area is 265 Å². The summed E-state index contributed by atoms with van der Waals surface area (Å²) in [5.41, 5.74) is 3.61. The van der Waals surface area contributed by atoms with Crippen molar-refractivity contribution in [2.45, 2.75) is 48.4 Å². The maximum Gasteiger partial charge on any atom is 0.251 e. The zero-order valence-corrected chi connectivity index (χ0v) is 26.4. The molecule has 0 aliphatic carbocycles. The van der Waals surface area contributed by atoms with Crippen LogP contribution in [0.15, 0.2) is 66.7 Å². The standard InChI is InChI=1S/C32H33Cl2IN4O2/c33-28-18-25(32(40)37-26-10-16-39(17-11-26)31(35)24-4-2-1-3-5-24)19-29(34)30(28)41-27-12-14-38(15-13-27)21-23-8-6-22(20-36)7-9-23/h1-9,18-19,26-27,31H,10-17,21H2,(H,37,40). The number of alkyl halides is 1. The first-order valence-corrected chi connectivity index (χ1v) is 16.0. The first-order chi connectivity index (χ1) is 19.9. The molecule has 2 saturated heterocycles. The summed E-state index contributed by atoms with van der Waals surface area (Å²) in [5.74, 6) is 0.279. The Morgan fingerprint density at radius 3 is 2.22 bits per heavy atom. The number of carbonyl (C=O) groups excluding carboxylic acids is 1. The average molecular weight is 703 g/mol. The van der Waals surface area contributed by atoms with Crippen LogP contribution in [0.4, 0.5) is 0 Å². The van der Waals surface area contributed by atoms with Crippen LogP contribution in [0.2, 0.25) is 10.0 Å². The van der Waals surface area contributed by atoms with E-state index >= 15 is 0 Å². The summed E-state index contributed by atoms with van der Waals surface area (Å²) >= 11 is 15.7. The molecule has 0 saturated carbocycles. The third kappa shape index (κ3) is 7.94. The first kappa shape index (κ1) is 30.1. The van der Waals surface area contributed by atoms with E-state index in [0.29, 0.717) is 31.0 Å². The number of amides is 1. The third-order valence-corrected chi connectivity index (χ3v) is 9.90. The van der Waals surface area contributed by atoms with Crippen LogP contribution < -0.4 is 10.1 Å². The zero-order chi connectivity index (χ0) is 28.8. The summed E-state index contributed by atoms with van der Waals surface area (Å²) in [7, 11) is 0. The smallest absolute Gasteiger partial charge is 0.251 e. The van der Waals surface area contributed by atoms with Gasteiger partial charge in [-0.1, -0.05) is 88.3 Å². The lowest BCUT2D eigenvalue weighted by atomic mass is 10.0. The molecule has 41 heavy (non-hydrogen) atoms. The van der Waals surface area contributed by atoms with Gasteiger partial charge in [0.1, 0.15) is 6.10 Å². The van der Waals surface area contributed by atoms with Gasteiger partial charge < -0.3 is 10.1 Å². The average Bonchev–Trinajstić information content (AvgIpc) is 3.00. The molecule has 5 rings (SSSR count). The molecule has 2 aliphatic heterocycles. The van der Waals surface area contributed by atoms with Gasteiger partial charge in [-0.15, -0.1) is 0 Å². The highest BCUT2D eigenvalue weighted by atomic mass is 127. The Hall–Kier alpha value is -2.35. The Kier molecular flexibility index (Phi) is 10.4. The van der Waals surface area contributed by atoms with Crippen molar-refractivity contribution < 1.29 is 9.53 Å². The number of piperidine rings is 2. The molecule has 214 valence electrons. The van der Waals surface area contributed by atoms with Gasteiger partial charge >= 0.3 is 0 Å². The van der Waals surface area contributed by atoms with Gasteiger partial charge in [0, 0.05) is 44.3 Å². The summed E-state index contributed by atoms with van der Waals surface area (Å²) < 4.78 is 6.56. The Balaban J connectivity index is 1.10. The third-order valence-electron chi connectivity index (χ3n) is 7.83. The van der Waals surface area contributed by atoms with Crippen molar-refractivity contribution >= 4 is 51.7 Å². The lowest BCUT2D eigenvalue weighted by Gasteiger charge is -2.35. The number of nitrogens with zero attached hydrogens (tertiary/aromatic N) is 3. The number of ether oxygens (including phenoxy) is 1. The highest BCUT2D eigenvalue weighted by molar-refractivity contribution is 14.1. The number of hydrogen-bond acceptors (Lipinski definition) is 5. The fraction of sp³-hybridized carbons (Fsp3) is 0.375. The number of nitrogens with one attached hydrogen (secondary N) is 1. The van der Waals surface area contributed by atoms with Gasteiger partial charge in [0.05, 0.1) is 25.7 Å². The number of carbonyl (C=O) groups is 1. The van der Waals surface area contributed by atoms with E-state index in [0.717, 1.165) is 58.4 Å². The lowest BCUT2D eigenvalue weighted by molar-refractivity contribution is 0.0908. The fourth-order valence-electron chi connectivity index (χ4n) is 5.46. The molecule has 0 bridgehead atoms. The Morgan fingerprint density at radius 2 is 1.61 bits per heavy atom.